The molecule has 0 spiro atoms. The molecule has 0 saturated heterocycles. The molecule has 0 N–H and O–H groups in total. The van der Waals surface area contributed by atoms with Crippen molar-refractivity contribution in [3.63, 3.8) is 0 Å². The van der Waals surface area contributed by atoms with Crippen LogP contribution in [0, 0.1) is 23.0 Å². The first-order valence-corrected chi connectivity index (χ1v) is 8.83. The number of rotatable bonds is 4. The van der Waals surface area contributed by atoms with Crippen molar-refractivity contribution in [1.29, 1.82) is 5.26 Å². The van der Waals surface area contributed by atoms with Crippen molar-refractivity contribution in [3.8, 4) is 6.07 Å². The van der Waals surface area contributed by atoms with Gasteiger partial charge >= 0.3 is 5.97 Å². The average Bonchev–Trinajstić information content (AvgIpc) is 2.63. The number of halogens is 2. The minimum absolute atomic E-state index is 0.00426. The van der Waals surface area contributed by atoms with Gasteiger partial charge < -0.3 is 9.64 Å². The molecule has 2 aromatic rings. The molecule has 5 nitrogen and oxygen atoms in total. The van der Waals surface area contributed by atoms with E-state index < -0.39 is 22.9 Å². The summed E-state index contributed by atoms with van der Waals surface area (Å²) in [6.45, 7) is -0.0897. The first-order chi connectivity index (χ1) is 12.9. The molecule has 0 aliphatic carbocycles. The topological polar surface area (TPSA) is 70.4 Å². The van der Waals surface area contributed by atoms with Crippen molar-refractivity contribution in [2.24, 2.45) is 0 Å². The molecule has 8 heteroatoms. The predicted molar refractivity (Wildman–Crippen MR) is 95.2 cm³/mol. The van der Waals surface area contributed by atoms with Crippen LogP contribution in [-0.2, 0) is 16.1 Å². The van der Waals surface area contributed by atoms with Gasteiger partial charge in [0.15, 0.2) is 0 Å². The SMILES string of the molecule is COC(=O)c1ccc2c(c1)N(Cc1cc(F)cc(F)c1)C(=O)C(CC#N)S2. The van der Waals surface area contributed by atoms with Crippen LogP contribution >= 0.6 is 11.8 Å². The number of methoxy groups -OCH3 is 1. The minimum atomic E-state index is -0.749. The zero-order valence-electron chi connectivity index (χ0n) is 14.2. The van der Waals surface area contributed by atoms with Gasteiger partial charge in [0.05, 0.1) is 37.4 Å². The van der Waals surface area contributed by atoms with Crippen molar-refractivity contribution in [3.05, 3.63) is 59.2 Å². The number of benzene rings is 2. The summed E-state index contributed by atoms with van der Waals surface area (Å²) >= 11 is 1.22. The smallest absolute Gasteiger partial charge is 0.337 e. The van der Waals surface area contributed by atoms with Crippen molar-refractivity contribution in [2.75, 3.05) is 12.0 Å². The van der Waals surface area contributed by atoms with Gasteiger partial charge in [-0.25, -0.2) is 13.6 Å². The Morgan fingerprint density at radius 2 is 1.96 bits per heavy atom. The third kappa shape index (κ3) is 3.93. The molecule has 27 heavy (non-hydrogen) atoms. The molecule has 0 fully saturated rings. The number of nitriles is 1. The van der Waals surface area contributed by atoms with E-state index in [0.29, 0.717) is 10.6 Å². The summed E-state index contributed by atoms with van der Waals surface area (Å²) in [4.78, 5) is 26.7. The van der Waals surface area contributed by atoms with Gasteiger partial charge in [-0.1, -0.05) is 0 Å². The molecule has 0 saturated carbocycles. The number of hydrogen-bond acceptors (Lipinski definition) is 5. The fourth-order valence-corrected chi connectivity index (χ4v) is 3.96. The second-order valence-electron chi connectivity index (χ2n) is 5.84. The lowest BCUT2D eigenvalue weighted by atomic mass is 10.1. The molecule has 1 aliphatic rings. The van der Waals surface area contributed by atoms with Crippen LogP contribution in [0.2, 0.25) is 0 Å². The van der Waals surface area contributed by atoms with Crippen molar-refractivity contribution in [2.45, 2.75) is 23.1 Å². The Kier molecular flexibility index (Phi) is 5.42. The van der Waals surface area contributed by atoms with Crippen molar-refractivity contribution < 1.29 is 23.1 Å². The van der Waals surface area contributed by atoms with Crippen LogP contribution in [0.5, 0.6) is 0 Å². The predicted octanol–water partition coefficient (Wildman–Crippen LogP) is 3.67. The Balaban J connectivity index is 2.05. The van der Waals surface area contributed by atoms with Crippen LogP contribution in [0.15, 0.2) is 41.3 Å². The molecular formula is C19H14F2N2O3S. The molecule has 0 radical (unpaired) electrons. The Morgan fingerprint density at radius 1 is 1.26 bits per heavy atom. The van der Waals surface area contributed by atoms with Gasteiger partial charge in [0, 0.05) is 11.0 Å². The molecule has 1 unspecified atom stereocenters. The summed E-state index contributed by atoms with van der Waals surface area (Å²) in [7, 11) is 1.25. The van der Waals surface area contributed by atoms with E-state index in [2.05, 4.69) is 0 Å². The second kappa shape index (κ2) is 7.76. The molecule has 0 bridgehead atoms. The molecule has 138 valence electrons. The number of carbonyl (C=O) groups is 2. The van der Waals surface area contributed by atoms with Gasteiger partial charge in [0.1, 0.15) is 16.9 Å². The lowest BCUT2D eigenvalue weighted by Gasteiger charge is -2.33. The fraction of sp³-hybridized carbons (Fsp3) is 0.211. The minimum Gasteiger partial charge on any atom is -0.465 e. The largest absolute Gasteiger partial charge is 0.465 e. The highest BCUT2D eigenvalue weighted by atomic mass is 32.2. The van der Waals surface area contributed by atoms with Crippen LogP contribution < -0.4 is 4.90 Å². The summed E-state index contributed by atoms with van der Waals surface area (Å²) in [6.07, 6.45) is -0.00426. The number of ether oxygens (including phenoxy) is 1. The maximum Gasteiger partial charge on any atom is 0.337 e. The van der Waals surface area contributed by atoms with E-state index in [1.807, 2.05) is 6.07 Å². The summed E-state index contributed by atoms with van der Waals surface area (Å²) in [6, 6.07) is 9.75. The van der Waals surface area contributed by atoms with Gasteiger partial charge in [-0.15, -0.1) is 11.8 Å². The van der Waals surface area contributed by atoms with Gasteiger partial charge in [0.2, 0.25) is 5.91 Å². The highest BCUT2D eigenvalue weighted by molar-refractivity contribution is 8.01. The molecule has 1 amide bonds. The number of hydrogen-bond donors (Lipinski definition) is 0. The van der Waals surface area contributed by atoms with Crippen LogP contribution in [0.3, 0.4) is 0 Å². The maximum absolute atomic E-state index is 13.5. The number of carbonyl (C=O) groups excluding carboxylic acids is 2. The monoisotopic (exact) mass is 388 g/mol. The number of esters is 1. The normalized spacial score (nSPS) is 15.9. The first kappa shape index (κ1) is 18.9. The van der Waals surface area contributed by atoms with Crippen molar-refractivity contribution >= 4 is 29.3 Å². The van der Waals surface area contributed by atoms with Crippen LogP contribution in [0.4, 0.5) is 14.5 Å². The Labute approximate surface area is 158 Å². The van der Waals surface area contributed by atoms with Gasteiger partial charge in [-0.2, -0.15) is 5.26 Å². The van der Waals surface area contributed by atoms with E-state index >= 15 is 0 Å². The van der Waals surface area contributed by atoms with E-state index in [9.17, 15) is 18.4 Å². The van der Waals surface area contributed by atoms with Crippen LogP contribution in [0.25, 0.3) is 0 Å². The van der Waals surface area contributed by atoms with E-state index in [-0.39, 0.29) is 30.0 Å². The highest BCUT2D eigenvalue weighted by Gasteiger charge is 2.34. The standard InChI is InChI=1S/C19H14F2N2O3S/c1-26-19(25)12-2-3-16-15(8-12)23(18(24)17(27-16)4-5-22)10-11-6-13(20)9-14(21)7-11/h2-3,6-9,17H,4,10H2,1H3. The molecule has 3 rings (SSSR count). The lowest BCUT2D eigenvalue weighted by Crippen LogP contribution is -2.40. The highest BCUT2D eigenvalue weighted by Crippen LogP contribution is 2.41. The maximum atomic E-state index is 13.5. The second-order valence-corrected chi connectivity index (χ2v) is 7.09. The summed E-state index contributed by atoms with van der Waals surface area (Å²) in [5.41, 5.74) is 0.948. The Morgan fingerprint density at radius 3 is 2.59 bits per heavy atom. The third-order valence-corrected chi connectivity index (χ3v) is 5.27. The fourth-order valence-electron chi connectivity index (χ4n) is 2.83. The molecule has 1 heterocycles. The number of nitrogens with zero attached hydrogens (tertiary/aromatic N) is 2. The summed E-state index contributed by atoms with van der Waals surface area (Å²) in [5, 5.41) is 8.35. The molecule has 1 aliphatic heterocycles. The molecule has 0 aromatic heterocycles. The van der Waals surface area contributed by atoms with Gasteiger partial charge in [-0.05, 0) is 35.9 Å². The molecular weight excluding hydrogens is 374 g/mol. The lowest BCUT2D eigenvalue weighted by molar-refractivity contribution is -0.118. The summed E-state index contributed by atoms with van der Waals surface area (Å²) in [5.74, 6) is -2.42. The Bertz CT molecular complexity index is 938. The summed E-state index contributed by atoms with van der Waals surface area (Å²) < 4.78 is 31.8. The third-order valence-electron chi connectivity index (χ3n) is 4.02. The number of fused-ring (bicyclic) bond motifs is 1. The van der Waals surface area contributed by atoms with Crippen LogP contribution in [0.1, 0.15) is 22.3 Å². The average molecular weight is 388 g/mol. The number of anilines is 1. The number of thioether (sulfide) groups is 1. The van der Waals surface area contributed by atoms with Gasteiger partial charge in [0.25, 0.3) is 0 Å². The van der Waals surface area contributed by atoms with E-state index in [1.165, 1.54) is 29.8 Å². The zero-order chi connectivity index (χ0) is 19.6. The first-order valence-electron chi connectivity index (χ1n) is 7.95. The van der Waals surface area contributed by atoms with Gasteiger partial charge in [-0.3, -0.25) is 4.79 Å². The number of amides is 1. The van der Waals surface area contributed by atoms with Crippen molar-refractivity contribution in [1.82, 2.24) is 0 Å². The molecule has 2 aromatic carbocycles. The Hall–Kier alpha value is -2.92. The molecule has 1 atom stereocenters. The van der Waals surface area contributed by atoms with E-state index in [4.69, 9.17) is 10.00 Å². The van der Waals surface area contributed by atoms with Crippen LogP contribution in [-0.4, -0.2) is 24.2 Å². The van der Waals surface area contributed by atoms with E-state index in [0.717, 1.165) is 18.2 Å². The van der Waals surface area contributed by atoms with E-state index in [1.54, 1.807) is 12.1 Å². The zero-order valence-corrected chi connectivity index (χ0v) is 15.1. The quantitative estimate of drug-likeness (QED) is 0.748.